The van der Waals surface area contributed by atoms with Crippen LogP contribution >= 0.6 is 11.3 Å². The smallest absolute Gasteiger partial charge is 0.266 e. The number of nitro benzene ring substituents is 1. The maximum absolute atomic E-state index is 12.7. The highest BCUT2D eigenvalue weighted by atomic mass is 32.1. The van der Waals surface area contributed by atoms with Gasteiger partial charge in [0.1, 0.15) is 0 Å². The van der Waals surface area contributed by atoms with Gasteiger partial charge in [0.05, 0.1) is 9.46 Å². The predicted molar refractivity (Wildman–Crippen MR) is 113 cm³/mol. The normalized spacial score (nSPS) is 12.6. The maximum Gasteiger partial charge on any atom is 0.291 e. The summed E-state index contributed by atoms with van der Waals surface area (Å²) in [5.41, 5.74) is 2.59. The van der Waals surface area contributed by atoms with Gasteiger partial charge in [-0.05, 0) is 34.8 Å². The van der Waals surface area contributed by atoms with E-state index in [1.54, 1.807) is 18.2 Å². The molecule has 0 saturated heterocycles. The molecule has 0 radical (unpaired) electrons. The third kappa shape index (κ3) is 3.66. The molecule has 7 nitrogen and oxygen atoms in total. The zero-order valence-corrected chi connectivity index (χ0v) is 16.9. The highest BCUT2D eigenvalue weighted by Gasteiger charge is 2.15. The minimum absolute atomic E-state index is 0.00858. The van der Waals surface area contributed by atoms with Crippen LogP contribution in [-0.4, -0.2) is 19.5 Å². The van der Waals surface area contributed by atoms with Crippen LogP contribution in [0.25, 0.3) is 22.4 Å². The molecule has 2 aromatic carbocycles. The van der Waals surface area contributed by atoms with Crippen molar-refractivity contribution in [1.29, 1.82) is 0 Å². The van der Waals surface area contributed by atoms with Crippen molar-refractivity contribution in [3.63, 3.8) is 0 Å². The van der Waals surface area contributed by atoms with Gasteiger partial charge in [-0.3, -0.25) is 14.9 Å². The predicted octanol–water partition coefficient (Wildman–Crippen LogP) is 3.57. The van der Waals surface area contributed by atoms with E-state index in [2.05, 4.69) is 43.0 Å². The van der Waals surface area contributed by atoms with Crippen LogP contribution in [0.5, 0.6) is 0 Å². The molecule has 0 aliphatic rings. The van der Waals surface area contributed by atoms with Crippen LogP contribution in [0.4, 0.5) is 5.69 Å². The summed E-state index contributed by atoms with van der Waals surface area (Å²) >= 11 is 1.24. The summed E-state index contributed by atoms with van der Waals surface area (Å²) in [4.78, 5) is 28.0. The third-order valence-electron chi connectivity index (χ3n) is 4.59. The average molecular weight is 406 g/mol. The highest BCUT2D eigenvalue weighted by molar-refractivity contribution is 7.15. The lowest BCUT2D eigenvalue weighted by Crippen LogP contribution is -2.23. The maximum atomic E-state index is 12.7. The zero-order valence-electron chi connectivity index (χ0n) is 16.1. The number of benzene rings is 2. The van der Waals surface area contributed by atoms with Crippen molar-refractivity contribution in [3.05, 3.63) is 84.7 Å². The number of rotatable bonds is 3. The van der Waals surface area contributed by atoms with Gasteiger partial charge < -0.3 is 0 Å². The van der Waals surface area contributed by atoms with Gasteiger partial charge in [-0.2, -0.15) is 9.50 Å². The lowest BCUT2D eigenvalue weighted by Gasteiger charge is -2.18. The molecule has 2 heterocycles. The minimum Gasteiger partial charge on any atom is -0.266 e. The molecule has 2 aromatic heterocycles. The third-order valence-corrected chi connectivity index (χ3v) is 5.55. The highest BCUT2D eigenvalue weighted by Crippen LogP contribution is 2.25. The van der Waals surface area contributed by atoms with Crippen molar-refractivity contribution >= 4 is 28.1 Å². The Balaban J connectivity index is 1.69. The van der Waals surface area contributed by atoms with Crippen molar-refractivity contribution in [1.82, 2.24) is 14.6 Å². The molecule has 0 amide bonds. The summed E-state index contributed by atoms with van der Waals surface area (Å²) in [7, 11) is 0. The van der Waals surface area contributed by atoms with E-state index in [0.29, 0.717) is 20.9 Å². The number of nitrogens with zero attached hydrogens (tertiary/aromatic N) is 4. The number of hydrogen-bond donors (Lipinski definition) is 0. The fourth-order valence-corrected chi connectivity index (χ4v) is 3.83. The molecular weight excluding hydrogens is 388 g/mol. The molecule has 8 heteroatoms. The summed E-state index contributed by atoms with van der Waals surface area (Å²) < 4.78 is 1.78. The molecule has 0 spiro atoms. The molecule has 4 rings (SSSR count). The van der Waals surface area contributed by atoms with E-state index in [0.717, 1.165) is 5.56 Å². The summed E-state index contributed by atoms with van der Waals surface area (Å²) in [5.74, 6) is 0.510. The van der Waals surface area contributed by atoms with Crippen LogP contribution in [0.1, 0.15) is 31.9 Å². The van der Waals surface area contributed by atoms with Crippen molar-refractivity contribution in [2.24, 2.45) is 0 Å². The van der Waals surface area contributed by atoms with E-state index >= 15 is 0 Å². The summed E-state index contributed by atoms with van der Waals surface area (Å²) in [5, 5.41) is 15.1. The lowest BCUT2D eigenvalue weighted by atomic mass is 9.87. The molecule has 146 valence electrons. The standard InChI is InChI=1S/C21H18N4O3S/c1-21(2,3)15-8-6-14(7-9-15)18-22-20-24(23-18)19(26)17(29-20)12-13-4-10-16(11-5-13)25(27)28/h4-12H,1-3H3/b17-12-. The fourth-order valence-electron chi connectivity index (χ4n) is 2.92. The van der Waals surface area contributed by atoms with Gasteiger partial charge in [-0.25, -0.2) is 0 Å². The Hall–Kier alpha value is -3.39. The number of hydrogen-bond acceptors (Lipinski definition) is 6. The van der Waals surface area contributed by atoms with Crippen molar-refractivity contribution in [2.75, 3.05) is 0 Å². The average Bonchev–Trinajstić information content (AvgIpc) is 3.21. The van der Waals surface area contributed by atoms with E-state index in [1.807, 2.05) is 12.1 Å². The largest absolute Gasteiger partial charge is 0.291 e. The molecule has 0 unspecified atom stereocenters. The molecule has 0 bridgehead atoms. The van der Waals surface area contributed by atoms with E-state index in [-0.39, 0.29) is 16.7 Å². The Labute approximate surface area is 170 Å². The summed E-state index contributed by atoms with van der Waals surface area (Å²) in [6.45, 7) is 6.46. The number of nitro groups is 1. The van der Waals surface area contributed by atoms with Crippen LogP contribution < -0.4 is 10.1 Å². The van der Waals surface area contributed by atoms with Gasteiger partial charge in [0.2, 0.25) is 4.96 Å². The molecule has 29 heavy (non-hydrogen) atoms. The first-order valence-corrected chi connectivity index (χ1v) is 9.81. The Bertz CT molecular complexity index is 1310. The van der Waals surface area contributed by atoms with Crippen LogP contribution in [-0.2, 0) is 5.41 Å². The Kier molecular flexibility index (Phi) is 4.50. The second-order valence-electron chi connectivity index (χ2n) is 7.72. The van der Waals surface area contributed by atoms with Crippen molar-refractivity contribution < 1.29 is 4.92 Å². The van der Waals surface area contributed by atoms with Crippen molar-refractivity contribution in [2.45, 2.75) is 26.2 Å². The summed E-state index contributed by atoms with van der Waals surface area (Å²) in [6.07, 6.45) is 1.69. The van der Waals surface area contributed by atoms with Crippen LogP contribution in [0, 0.1) is 10.1 Å². The van der Waals surface area contributed by atoms with Gasteiger partial charge in [0.15, 0.2) is 5.82 Å². The topological polar surface area (TPSA) is 90.4 Å². The van der Waals surface area contributed by atoms with E-state index in [9.17, 15) is 14.9 Å². The van der Waals surface area contributed by atoms with E-state index < -0.39 is 4.92 Å². The molecule has 0 aliphatic carbocycles. The molecule has 0 N–H and O–H groups in total. The van der Waals surface area contributed by atoms with Gasteiger partial charge in [-0.15, -0.1) is 5.10 Å². The van der Waals surface area contributed by atoms with Gasteiger partial charge in [0.25, 0.3) is 11.2 Å². The Morgan fingerprint density at radius 3 is 2.28 bits per heavy atom. The number of aromatic nitrogens is 3. The fraction of sp³-hybridized carbons (Fsp3) is 0.190. The van der Waals surface area contributed by atoms with Crippen LogP contribution in [0.2, 0.25) is 0 Å². The monoisotopic (exact) mass is 406 g/mol. The SMILES string of the molecule is CC(C)(C)c1ccc(-c2nc3s/c(=C\c4ccc([N+](=O)[O-])cc4)c(=O)n3n2)cc1. The van der Waals surface area contributed by atoms with E-state index in [4.69, 9.17) is 0 Å². The molecule has 0 fully saturated rings. The lowest BCUT2D eigenvalue weighted by molar-refractivity contribution is -0.384. The van der Waals surface area contributed by atoms with Gasteiger partial charge in [0, 0.05) is 17.7 Å². The first kappa shape index (κ1) is 18.9. The number of non-ortho nitro benzene ring substituents is 1. The van der Waals surface area contributed by atoms with Crippen molar-refractivity contribution in [3.8, 4) is 11.4 Å². The molecule has 0 saturated carbocycles. The second kappa shape index (κ2) is 6.89. The van der Waals surface area contributed by atoms with Crippen LogP contribution in [0.3, 0.4) is 0 Å². The van der Waals surface area contributed by atoms with E-state index in [1.165, 1.54) is 33.5 Å². The Morgan fingerprint density at radius 2 is 1.72 bits per heavy atom. The van der Waals surface area contributed by atoms with Crippen LogP contribution in [0.15, 0.2) is 53.3 Å². The molecule has 4 aromatic rings. The Morgan fingerprint density at radius 1 is 1.07 bits per heavy atom. The number of fused-ring (bicyclic) bond motifs is 1. The second-order valence-corrected chi connectivity index (χ2v) is 8.73. The zero-order chi connectivity index (χ0) is 20.8. The first-order valence-electron chi connectivity index (χ1n) is 8.99. The molecular formula is C21H18N4O3S. The number of thiazole rings is 1. The van der Waals surface area contributed by atoms with Gasteiger partial charge >= 0.3 is 0 Å². The molecule has 0 aliphatic heterocycles. The quantitative estimate of drug-likeness (QED) is 0.383. The first-order chi connectivity index (χ1) is 13.7. The summed E-state index contributed by atoms with van der Waals surface area (Å²) in [6, 6.07) is 14.1. The molecule has 0 atom stereocenters. The minimum atomic E-state index is -0.457. The van der Waals surface area contributed by atoms with Gasteiger partial charge in [-0.1, -0.05) is 56.4 Å².